The van der Waals surface area contributed by atoms with E-state index in [9.17, 15) is 10.1 Å². The number of amides is 1. The van der Waals surface area contributed by atoms with E-state index in [0.717, 1.165) is 36.9 Å². The molecular formula is C30H31N5O2. The Morgan fingerprint density at radius 1 is 1.00 bits per heavy atom. The minimum Gasteiger partial charge on any atom is -0.474 e. The van der Waals surface area contributed by atoms with Crippen LogP contribution < -0.4 is 10.1 Å². The van der Waals surface area contributed by atoms with E-state index < -0.39 is 0 Å². The predicted molar refractivity (Wildman–Crippen MR) is 141 cm³/mol. The number of likely N-dealkylation sites (tertiary alicyclic amines) is 1. The number of nitriles is 2. The first-order valence-electron chi connectivity index (χ1n) is 12.7. The summed E-state index contributed by atoms with van der Waals surface area (Å²) >= 11 is 0. The Balaban J connectivity index is 1.52. The van der Waals surface area contributed by atoms with E-state index in [4.69, 9.17) is 10.00 Å². The summed E-state index contributed by atoms with van der Waals surface area (Å²) in [5.74, 6) is 0.473. The number of hydrogen-bond acceptors (Lipinski definition) is 6. The van der Waals surface area contributed by atoms with Gasteiger partial charge in [0.05, 0.1) is 35.4 Å². The van der Waals surface area contributed by atoms with Crippen molar-refractivity contribution in [3.63, 3.8) is 0 Å². The summed E-state index contributed by atoms with van der Waals surface area (Å²) < 4.78 is 6.00. The molecule has 37 heavy (non-hydrogen) atoms. The number of carbonyl (C=O) groups excluding carboxylic acids is 1. The number of pyridine rings is 1. The molecule has 1 fully saturated rings. The van der Waals surface area contributed by atoms with Gasteiger partial charge in [-0.15, -0.1) is 0 Å². The van der Waals surface area contributed by atoms with E-state index in [1.54, 1.807) is 24.3 Å². The number of aromatic nitrogens is 1. The first kappa shape index (κ1) is 25.9. The summed E-state index contributed by atoms with van der Waals surface area (Å²) in [7, 11) is 0. The summed E-state index contributed by atoms with van der Waals surface area (Å²) in [5, 5.41) is 21.4. The summed E-state index contributed by atoms with van der Waals surface area (Å²) in [6.07, 6.45) is 4.68. The third-order valence-corrected chi connectivity index (χ3v) is 6.82. The predicted octanol–water partition coefficient (Wildman–Crippen LogP) is 4.99. The van der Waals surface area contributed by atoms with Gasteiger partial charge < -0.3 is 10.1 Å². The van der Waals surface area contributed by atoms with Gasteiger partial charge in [-0.05, 0) is 66.8 Å². The SMILES string of the molecule is CCC(CC)Oc1ccc(C(c2ccc(C#N)cc2)N2CCC(NC(=O)c3ccc(C#N)cc3)C2)cn1. The minimum absolute atomic E-state index is 0.00513. The van der Waals surface area contributed by atoms with Crippen molar-refractivity contribution >= 4 is 5.91 Å². The Morgan fingerprint density at radius 3 is 2.19 bits per heavy atom. The smallest absolute Gasteiger partial charge is 0.251 e. The van der Waals surface area contributed by atoms with Gasteiger partial charge in [-0.2, -0.15) is 10.5 Å². The summed E-state index contributed by atoms with van der Waals surface area (Å²) in [6, 6.07) is 22.5. The zero-order valence-corrected chi connectivity index (χ0v) is 21.2. The fourth-order valence-corrected chi connectivity index (χ4v) is 4.71. The maximum atomic E-state index is 12.8. The van der Waals surface area contributed by atoms with Crippen molar-refractivity contribution in [2.45, 2.75) is 51.3 Å². The number of nitrogens with one attached hydrogen (secondary N) is 1. The van der Waals surface area contributed by atoms with Crippen LogP contribution in [0.4, 0.5) is 0 Å². The van der Waals surface area contributed by atoms with Gasteiger partial charge in [0.15, 0.2) is 0 Å². The van der Waals surface area contributed by atoms with E-state index in [-0.39, 0.29) is 24.1 Å². The lowest BCUT2D eigenvalue weighted by molar-refractivity contribution is 0.0937. The lowest BCUT2D eigenvalue weighted by atomic mass is 9.97. The molecule has 4 rings (SSSR count). The maximum absolute atomic E-state index is 12.8. The molecule has 0 saturated carbocycles. The molecule has 0 aliphatic carbocycles. The summed E-state index contributed by atoms with van der Waals surface area (Å²) in [6.45, 7) is 5.69. The van der Waals surface area contributed by atoms with Crippen molar-refractivity contribution in [1.82, 2.24) is 15.2 Å². The number of nitrogens with zero attached hydrogens (tertiary/aromatic N) is 4. The number of benzene rings is 2. The minimum atomic E-state index is -0.143. The Bertz CT molecular complexity index is 1270. The Hall–Kier alpha value is -4.20. The molecule has 1 saturated heterocycles. The average Bonchev–Trinajstić information content (AvgIpc) is 3.40. The van der Waals surface area contributed by atoms with Crippen LogP contribution in [0, 0.1) is 22.7 Å². The van der Waals surface area contributed by atoms with E-state index >= 15 is 0 Å². The van der Waals surface area contributed by atoms with Crippen LogP contribution in [0.2, 0.25) is 0 Å². The average molecular weight is 494 g/mol. The van der Waals surface area contributed by atoms with Gasteiger partial charge in [-0.1, -0.05) is 32.0 Å². The van der Waals surface area contributed by atoms with Crippen LogP contribution in [-0.2, 0) is 0 Å². The van der Waals surface area contributed by atoms with Crippen molar-refractivity contribution in [1.29, 1.82) is 10.5 Å². The van der Waals surface area contributed by atoms with Gasteiger partial charge in [0.25, 0.3) is 5.91 Å². The van der Waals surface area contributed by atoms with Crippen LogP contribution in [0.3, 0.4) is 0 Å². The Kier molecular flexibility index (Phi) is 8.51. The fraction of sp³-hybridized carbons (Fsp3) is 0.333. The van der Waals surface area contributed by atoms with Crippen molar-refractivity contribution in [3.8, 4) is 18.0 Å². The molecule has 1 aromatic heterocycles. The van der Waals surface area contributed by atoms with Crippen molar-refractivity contribution in [2.24, 2.45) is 0 Å². The van der Waals surface area contributed by atoms with E-state index in [0.29, 0.717) is 29.1 Å². The molecular weight excluding hydrogens is 462 g/mol. The maximum Gasteiger partial charge on any atom is 0.251 e. The molecule has 1 amide bonds. The van der Waals surface area contributed by atoms with E-state index in [1.165, 1.54) is 0 Å². The lowest BCUT2D eigenvalue weighted by Crippen LogP contribution is -2.38. The molecule has 2 unspecified atom stereocenters. The van der Waals surface area contributed by atoms with Crippen LogP contribution in [0.5, 0.6) is 5.88 Å². The molecule has 2 heterocycles. The summed E-state index contributed by atoms with van der Waals surface area (Å²) in [5.41, 5.74) is 3.77. The van der Waals surface area contributed by atoms with Crippen molar-refractivity contribution < 1.29 is 9.53 Å². The molecule has 7 heteroatoms. The molecule has 0 radical (unpaired) electrons. The van der Waals surface area contributed by atoms with Gasteiger partial charge in [0, 0.05) is 37.0 Å². The van der Waals surface area contributed by atoms with Crippen LogP contribution in [0.25, 0.3) is 0 Å². The zero-order chi connectivity index (χ0) is 26.2. The second-order valence-corrected chi connectivity index (χ2v) is 9.27. The van der Waals surface area contributed by atoms with Crippen LogP contribution in [-0.4, -0.2) is 41.0 Å². The lowest BCUT2D eigenvalue weighted by Gasteiger charge is -2.29. The number of carbonyl (C=O) groups is 1. The molecule has 2 atom stereocenters. The molecule has 1 aliphatic rings. The molecule has 1 N–H and O–H groups in total. The molecule has 0 bridgehead atoms. The van der Waals surface area contributed by atoms with Crippen LogP contribution in [0.1, 0.15) is 71.8 Å². The van der Waals surface area contributed by atoms with Crippen molar-refractivity contribution in [2.75, 3.05) is 13.1 Å². The third-order valence-electron chi connectivity index (χ3n) is 6.82. The second-order valence-electron chi connectivity index (χ2n) is 9.27. The fourth-order valence-electron chi connectivity index (χ4n) is 4.71. The van der Waals surface area contributed by atoms with Gasteiger partial charge in [0.2, 0.25) is 5.88 Å². The quantitative estimate of drug-likeness (QED) is 0.451. The number of rotatable bonds is 9. The zero-order valence-electron chi connectivity index (χ0n) is 21.2. The number of hydrogen-bond donors (Lipinski definition) is 1. The van der Waals surface area contributed by atoms with Crippen LogP contribution in [0.15, 0.2) is 66.9 Å². The summed E-state index contributed by atoms with van der Waals surface area (Å²) in [4.78, 5) is 19.7. The first-order valence-corrected chi connectivity index (χ1v) is 12.7. The van der Waals surface area contributed by atoms with Gasteiger partial charge in [-0.25, -0.2) is 4.98 Å². The second kappa shape index (κ2) is 12.2. The largest absolute Gasteiger partial charge is 0.474 e. The number of ether oxygens (including phenoxy) is 1. The van der Waals surface area contributed by atoms with Gasteiger partial charge in [0.1, 0.15) is 0 Å². The molecule has 3 aromatic rings. The highest BCUT2D eigenvalue weighted by Crippen LogP contribution is 2.32. The molecule has 1 aliphatic heterocycles. The monoisotopic (exact) mass is 493 g/mol. The normalized spacial score (nSPS) is 16.1. The molecule has 7 nitrogen and oxygen atoms in total. The molecule has 188 valence electrons. The standard InChI is InChI=1S/C30H31N5O2/c1-3-27(4-2)37-28-14-13-25(19-33-28)29(23-9-5-21(17-31)6-10-23)35-16-15-26(20-35)34-30(36)24-11-7-22(18-32)8-12-24/h5-14,19,26-27,29H,3-4,15-16,20H2,1-2H3,(H,34,36). The Labute approximate surface area is 218 Å². The van der Waals surface area contributed by atoms with Crippen molar-refractivity contribution in [3.05, 3.63) is 94.7 Å². The van der Waals surface area contributed by atoms with Gasteiger partial charge >= 0.3 is 0 Å². The third kappa shape index (κ3) is 6.33. The Morgan fingerprint density at radius 2 is 1.62 bits per heavy atom. The van der Waals surface area contributed by atoms with E-state index in [1.807, 2.05) is 36.5 Å². The highest BCUT2D eigenvalue weighted by Gasteiger charge is 2.31. The van der Waals surface area contributed by atoms with Gasteiger partial charge in [-0.3, -0.25) is 9.69 Å². The highest BCUT2D eigenvalue weighted by atomic mass is 16.5. The van der Waals surface area contributed by atoms with E-state index in [2.05, 4.69) is 47.3 Å². The molecule has 2 aromatic carbocycles. The topological polar surface area (TPSA) is 102 Å². The molecule has 0 spiro atoms. The first-order chi connectivity index (χ1) is 18.0. The van der Waals surface area contributed by atoms with Crippen LogP contribution >= 0.6 is 0 Å². The highest BCUT2D eigenvalue weighted by molar-refractivity contribution is 5.94.